The number of aryl methyl sites for hydroxylation is 3. The van der Waals surface area contributed by atoms with Gasteiger partial charge in [-0.15, -0.1) is 0 Å². The molecule has 3 N–H and O–H groups in total. The SMILES string of the molecule is CCCCCCCCN(C(=O)CNC(=O)OC(C)(C)C)C(C(=O)Nc1c(C)cccc1C)c1cccc(C)c1O. The normalized spacial score (nSPS) is 12.0. The number of hydrogen-bond donors (Lipinski definition) is 3. The lowest BCUT2D eigenvalue weighted by atomic mass is 9.98. The van der Waals surface area contributed by atoms with Gasteiger partial charge in [-0.1, -0.05) is 75.4 Å². The summed E-state index contributed by atoms with van der Waals surface area (Å²) < 4.78 is 5.30. The minimum atomic E-state index is -1.11. The molecule has 0 spiro atoms. The van der Waals surface area contributed by atoms with E-state index in [1.807, 2.05) is 32.0 Å². The number of rotatable bonds is 13. The molecule has 0 saturated heterocycles. The Morgan fingerprint density at radius 1 is 0.900 bits per heavy atom. The number of phenolic OH excluding ortho intramolecular Hbond substituents is 1. The van der Waals surface area contributed by atoms with Crippen molar-refractivity contribution in [2.24, 2.45) is 0 Å². The van der Waals surface area contributed by atoms with Gasteiger partial charge in [0.1, 0.15) is 23.9 Å². The number of amides is 3. The Balaban J connectivity index is 2.44. The Labute approximate surface area is 239 Å². The first-order valence-electron chi connectivity index (χ1n) is 14.3. The molecule has 2 aromatic rings. The molecule has 1 atom stereocenters. The highest BCUT2D eigenvalue weighted by molar-refractivity contribution is 5.99. The van der Waals surface area contributed by atoms with Gasteiger partial charge in [0.15, 0.2) is 0 Å². The maximum Gasteiger partial charge on any atom is 0.408 e. The van der Waals surface area contributed by atoms with Crippen molar-refractivity contribution in [3.8, 4) is 5.75 Å². The van der Waals surface area contributed by atoms with Crippen LogP contribution in [0.3, 0.4) is 0 Å². The van der Waals surface area contributed by atoms with E-state index in [1.54, 1.807) is 45.9 Å². The Morgan fingerprint density at radius 2 is 1.48 bits per heavy atom. The Bertz CT molecular complexity index is 1140. The van der Waals surface area contributed by atoms with Crippen molar-refractivity contribution in [3.63, 3.8) is 0 Å². The number of alkyl carbamates (subject to hydrolysis) is 1. The summed E-state index contributed by atoms with van der Waals surface area (Å²) in [5, 5.41) is 16.6. The van der Waals surface area contributed by atoms with Gasteiger partial charge in [0.2, 0.25) is 5.91 Å². The van der Waals surface area contributed by atoms with Crippen molar-refractivity contribution < 1.29 is 24.2 Å². The average molecular weight is 554 g/mol. The zero-order valence-corrected chi connectivity index (χ0v) is 25.2. The van der Waals surface area contributed by atoms with Gasteiger partial charge < -0.3 is 25.4 Å². The second kappa shape index (κ2) is 15.3. The van der Waals surface area contributed by atoms with E-state index in [4.69, 9.17) is 4.74 Å². The summed E-state index contributed by atoms with van der Waals surface area (Å²) in [4.78, 5) is 41.5. The van der Waals surface area contributed by atoms with Crippen LogP contribution in [0.5, 0.6) is 5.75 Å². The fourth-order valence-corrected chi connectivity index (χ4v) is 4.58. The standard InChI is InChI=1S/C32H47N3O5/c1-8-9-10-11-12-13-20-35(26(36)21-33-31(39)40-32(5,6)7)28(25-19-15-18-24(4)29(25)37)30(38)34-27-22(2)16-14-17-23(27)3/h14-19,28,37H,8-13,20-21H2,1-7H3,(H,33,39)(H,34,38). The summed E-state index contributed by atoms with van der Waals surface area (Å²) in [5.41, 5.74) is 2.67. The van der Waals surface area contributed by atoms with Gasteiger partial charge in [-0.05, 0) is 64.7 Å². The van der Waals surface area contributed by atoms with Gasteiger partial charge in [-0.2, -0.15) is 0 Å². The first kappa shape index (κ1) is 32.7. The minimum Gasteiger partial charge on any atom is -0.507 e. The molecular formula is C32H47N3O5. The van der Waals surface area contributed by atoms with Crippen molar-refractivity contribution in [3.05, 3.63) is 58.7 Å². The molecule has 0 aliphatic rings. The van der Waals surface area contributed by atoms with E-state index in [0.29, 0.717) is 29.8 Å². The molecule has 0 aliphatic heterocycles. The molecule has 3 amide bonds. The van der Waals surface area contributed by atoms with E-state index >= 15 is 0 Å². The number of nitrogens with one attached hydrogen (secondary N) is 2. The van der Waals surface area contributed by atoms with E-state index in [1.165, 1.54) is 4.90 Å². The van der Waals surface area contributed by atoms with Crippen molar-refractivity contribution in [2.75, 3.05) is 18.4 Å². The smallest absolute Gasteiger partial charge is 0.408 e. The molecule has 8 heteroatoms. The van der Waals surface area contributed by atoms with Crippen molar-refractivity contribution in [2.45, 2.75) is 98.6 Å². The lowest BCUT2D eigenvalue weighted by Crippen LogP contribution is -2.47. The zero-order valence-electron chi connectivity index (χ0n) is 25.2. The largest absolute Gasteiger partial charge is 0.507 e. The summed E-state index contributed by atoms with van der Waals surface area (Å²) in [6, 6.07) is 9.81. The third kappa shape index (κ3) is 9.88. The fraction of sp³-hybridized carbons (Fsp3) is 0.531. The number of unbranched alkanes of at least 4 members (excludes halogenated alkanes) is 5. The summed E-state index contributed by atoms with van der Waals surface area (Å²) in [6.45, 7) is 12.9. The number of benzene rings is 2. The molecule has 0 bridgehead atoms. The van der Waals surface area contributed by atoms with Crippen molar-refractivity contribution >= 4 is 23.6 Å². The van der Waals surface area contributed by atoms with Crippen LogP contribution in [0.1, 0.15) is 94.5 Å². The van der Waals surface area contributed by atoms with Crippen LogP contribution in [0.15, 0.2) is 36.4 Å². The topological polar surface area (TPSA) is 108 Å². The highest BCUT2D eigenvalue weighted by Crippen LogP contribution is 2.33. The summed E-state index contributed by atoms with van der Waals surface area (Å²) in [6.07, 6.45) is 5.29. The van der Waals surface area contributed by atoms with Crippen LogP contribution in [0.4, 0.5) is 10.5 Å². The molecule has 0 heterocycles. The summed E-state index contributed by atoms with van der Waals surface area (Å²) in [7, 11) is 0. The van der Waals surface area contributed by atoms with E-state index in [2.05, 4.69) is 17.6 Å². The van der Waals surface area contributed by atoms with Gasteiger partial charge in [0, 0.05) is 17.8 Å². The quantitative estimate of drug-likeness (QED) is 0.239. The fourth-order valence-electron chi connectivity index (χ4n) is 4.58. The summed E-state index contributed by atoms with van der Waals surface area (Å²) in [5.74, 6) is -0.915. The maximum atomic E-state index is 14.0. The van der Waals surface area contributed by atoms with Crippen LogP contribution < -0.4 is 10.6 Å². The predicted molar refractivity (Wildman–Crippen MR) is 159 cm³/mol. The van der Waals surface area contributed by atoms with Gasteiger partial charge >= 0.3 is 6.09 Å². The molecule has 2 aromatic carbocycles. The number of carbonyl (C=O) groups is 3. The second-order valence-corrected chi connectivity index (χ2v) is 11.4. The zero-order chi connectivity index (χ0) is 29.9. The molecule has 0 saturated carbocycles. The van der Waals surface area contributed by atoms with Gasteiger partial charge in [-0.3, -0.25) is 9.59 Å². The Kier molecular flexibility index (Phi) is 12.5. The molecule has 0 aliphatic carbocycles. The number of aromatic hydroxyl groups is 1. The number of phenols is 1. The van der Waals surface area contributed by atoms with Crippen LogP contribution in [0.2, 0.25) is 0 Å². The van der Waals surface area contributed by atoms with Crippen molar-refractivity contribution in [1.29, 1.82) is 0 Å². The van der Waals surface area contributed by atoms with E-state index in [9.17, 15) is 19.5 Å². The average Bonchev–Trinajstić information content (AvgIpc) is 2.87. The van der Waals surface area contributed by atoms with Crippen LogP contribution in [0, 0.1) is 20.8 Å². The highest BCUT2D eigenvalue weighted by atomic mass is 16.6. The summed E-state index contributed by atoms with van der Waals surface area (Å²) >= 11 is 0. The maximum absolute atomic E-state index is 14.0. The molecule has 0 fully saturated rings. The van der Waals surface area contributed by atoms with E-state index in [0.717, 1.165) is 43.2 Å². The number of carbonyl (C=O) groups excluding carboxylic acids is 3. The lowest BCUT2D eigenvalue weighted by molar-refractivity contribution is -0.138. The van der Waals surface area contributed by atoms with Crippen LogP contribution in [0.25, 0.3) is 0 Å². The van der Waals surface area contributed by atoms with Crippen LogP contribution in [-0.2, 0) is 14.3 Å². The van der Waals surface area contributed by atoms with Gasteiger partial charge in [-0.25, -0.2) is 4.79 Å². The highest BCUT2D eigenvalue weighted by Gasteiger charge is 2.34. The number of hydrogen-bond acceptors (Lipinski definition) is 5. The third-order valence-corrected chi connectivity index (χ3v) is 6.71. The van der Waals surface area contributed by atoms with Gasteiger partial charge in [0.05, 0.1) is 0 Å². The first-order chi connectivity index (χ1) is 18.9. The second-order valence-electron chi connectivity index (χ2n) is 11.4. The minimum absolute atomic E-state index is 0.0370. The van der Waals surface area contributed by atoms with Crippen molar-refractivity contribution in [1.82, 2.24) is 10.2 Å². The van der Waals surface area contributed by atoms with E-state index < -0.39 is 29.6 Å². The van der Waals surface area contributed by atoms with E-state index in [-0.39, 0.29) is 12.3 Å². The van der Waals surface area contributed by atoms with Gasteiger partial charge in [0.25, 0.3) is 5.91 Å². The molecule has 220 valence electrons. The third-order valence-electron chi connectivity index (χ3n) is 6.71. The number of nitrogens with zero attached hydrogens (tertiary/aromatic N) is 1. The predicted octanol–water partition coefficient (Wildman–Crippen LogP) is 6.71. The molecule has 8 nitrogen and oxygen atoms in total. The molecule has 0 radical (unpaired) electrons. The number of anilines is 1. The molecule has 1 unspecified atom stereocenters. The molecule has 40 heavy (non-hydrogen) atoms. The molecule has 2 rings (SSSR count). The number of ether oxygens (including phenoxy) is 1. The number of para-hydroxylation sites is 2. The van der Waals surface area contributed by atoms with Crippen LogP contribution in [-0.4, -0.2) is 46.6 Å². The van der Waals surface area contributed by atoms with Crippen LogP contribution >= 0.6 is 0 Å². The molecular weight excluding hydrogens is 506 g/mol. The Hall–Kier alpha value is -3.55. The molecule has 0 aromatic heterocycles. The monoisotopic (exact) mass is 553 g/mol. The Morgan fingerprint density at radius 3 is 2.10 bits per heavy atom. The lowest BCUT2D eigenvalue weighted by Gasteiger charge is -2.32. The first-order valence-corrected chi connectivity index (χ1v) is 14.3.